The van der Waals surface area contributed by atoms with Gasteiger partial charge in [-0.25, -0.2) is 0 Å². The summed E-state index contributed by atoms with van der Waals surface area (Å²) in [7, 11) is -2.10. The Bertz CT molecular complexity index is 351. The van der Waals surface area contributed by atoms with Gasteiger partial charge in [0.05, 0.1) is 6.61 Å². The molecule has 0 aliphatic heterocycles. The molecular weight excluding hydrogens is 235 g/mol. The first kappa shape index (κ1) is 14.4. The van der Waals surface area contributed by atoms with Gasteiger partial charge in [-0.2, -0.15) is 0 Å². The molecule has 0 fully saturated rings. The van der Waals surface area contributed by atoms with Crippen LogP contribution in [-0.4, -0.2) is 6.61 Å². The summed E-state index contributed by atoms with van der Waals surface area (Å²) in [6.45, 7) is 10.3. The summed E-state index contributed by atoms with van der Waals surface area (Å²) >= 11 is 0. The van der Waals surface area contributed by atoms with Crippen molar-refractivity contribution >= 4 is 8.60 Å². The first-order valence-corrected chi connectivity index (χ1v) is 6.73. The fraction of sp³-hybridized carbons (Fsp3) is 0.538. The third kappa shape index (κ3) is 5.03. The molecule has 4 heteroatoms. The van der Waals surface area contributed by atoms with E-state index < -0.39 is 8.60 Å². The molecule has 0 aromatic heterocycles. The van der Waals surface area contributed by atoms with Gasteiger partial charge in [0, 0.05) is 0 Å². The van der Waals surface area contributed by atoms with Crippen LogP contribution in [0.2, 0.25) is 0 Å². The van der Waals surface area contributed by atoms with Gasteiger partial charge in [-0.15, -0.1) is 0 Å². The van der Waals surface area contributed by atoms with Gasteiger partial charge in [0.2, 0.25) is 0 Å². The van der Waals surface area contributed by atoms with Crippen molar-refractivity contribution in [3.8, 4) is 5.75 Å². The van der Waals surface area contributed by atoms with Gasteiger partial charge in [0.25, 0.3) is 0 Å². The summed E-state index contributed by atoms with van der Waals surface area (Å²) in [6.07, 6.45) is 0. The fourth-order valence-electron chi connectivity index (χ4n) is 1.29. The topological polar surface area (TPSA) is 41.5 Å². The lowest BCUT2D eigenvalue weighted by molar-refractivity contribution is -0.198. The number of hydrogen-bond acceptors (Lipinski definition) is 3. The molecule has 0 aliphatic rings. The van der Waals surface area contributed by atoms with E-state index in [0.29, 0.717) is 12.4 Å². The molecular formula is C13H20O3P-. The lowest BCUT2D eigenvalue weighted by Crippen LogP contribution is -2.16. The van der Waals surface area contributed by atoms with Gasteiger partial charge in [0.15, 0.2) is 0 Å². The quantitative estimate of drug-likeness (QED) is 0.775. The van der Waals surface area contributed by atoms with Crippen molar-refractivity contribution in [3.05, 3.63) is 29.3 Å². The molecule has 0 bridgehead atoms. The molecule has 1 unspecified atom stereocenters. The van der Waals surface area contributed by atoms with E-state index in [1.54, 1.807) is 0 Å². The van der Waals surface area contributed by atoms with E-state index in [-0.39, 0.29) is 5.41 Å². The Labute approximate surface area is 105 Å². The summed E-state index contributed by atoms with van der Waals surface area (Å²) < 4.78 is 10.6. The van der Waals surface area contributed by atoms with Gasteiger partial charge in [-0.05, 0) is 30.4 Å². The van der Waals surface area contributed by atoms with Gasteiger partial charge in [0.1, 0.15) is 14.4 Å². The molecule has 0 saturated carbocycles. The molecule has 0 spiro atoms. The van der Waals surface area contributed by atoms with Crippen LogP contribution in [-0.2, 0) is 4.52 Å². The van der Waals surface area contributed by atoms with Crippen LogP contribution in [0.1, 0.15) is 31.9 Å². The largest absolute Gasteiger partial charge is 0.776 e. The van der Waals surface area contributed by atoms with Crippen LogP contribution in [0.5, 0.6) is 5.75 Å². The molecule has 17 heavy (non-hydrogen) atoms. The maximum absolute atomic E-state index is 11.7. The fourth-order valence-corrected chi connectivity index (χ4v) is 2.27. The van der Waals surface area contributed by atoms with E-state index in [2.05, 4.69) is 0 Å². The van der Waals surface area contributed by atoms with Crippen LogP contribution < -0.4 is 9.42 Å². The summed E-state index contributed by atoms with van der Waals surface area (Å²) in [5.74, 6) is 0.655. The minimum atomic E-state index is -2.10. The molecule has 1 aromatic carbocycles. The van der Waals surface area contributed by atoms with Gasteiger partial charge >= 0.3 is 0 Å². The molecule has 0 radical (unpaired) electrons. The van der Waals surface area contributed by atoms with Crippen LogP contribution in [0.15, 0.2) is 18.2 Å². The van der Waals surface area contributed by atoms with Crippen LogP contribution >= 0.6 is 8.60 Å². The Morgan fingerprint density at radius 1 is 1.18 bits per heavy atom. The Kier molecular flexibility index (Phi) is 4.93. The SMILES string of the molecule is Cc1cccc(C)c1OP([O-])OCC(C)(C)C. The normalized spacial score (nSPS) is 13.5. The van der Waals surface area contributed by atoms with E-state index in [1.165, 1.54) is 0 Å². The molecule has 0 heterocycles. The number of benzene rings is 1. The lowest BCUT2D eigenvalue weighted by atomic mass is 9.99. The van der Waals surface area contributed by atoms with Crippen LogP contribution in [0, 0.1) is 19.3 Å². The second kappa shape index (κ2) is 5.81. The van der Waals surface area contributed by atoms with Crippen molar-refractivity contribution in [2.75, 3.05) is 6.61 Å². The zero-order valence-corrected chi connectivity index (χ0v) is 12.0. The Morgan fingerprint density at radius 2 is 1.71 bits per heavy atom. The predicted octanol–water partition coefficient (Wildman–Crippen LogP) is 3.33. The summed E-state index contributed by atoms with van der Waals surface area (Å²) in [6, 6.07) is 5.80. The second-order valence-electron chi connectivity index (χ2n) is 5.37. The van der Waals surface area contributed by atoms with Crippen LogP contribution in [0.25, 0.3) is 0 Å². The zero-order chi connectivity index (χ0) is 13.1. The predicted molar refractivity (Wildman–Crippen MR) is 68.9 cm³/mol. The highest BCUT2D eigenvalue weighted by Crippen LogP contribution is 2.36. The number of aryl methyl sites for hydroxylation is 2. The second-order valence-corrected chi connectivity index (χ2v) is 6.26. The monoisotopic (exact) mass is 255 g/mol. The molecule has 0 N–H and O–H groups in total. The lowest BCUT2D eigenvalue weighted by Gasteiger charge is -2.28. The van der Waals surface area contributed by atoms with Crippen molar-refractivity contribution in [1.82, 2.24) is 0 Å². The summed E-state index contributed by atoms with van der Waals surface area (Å²) in [5.41, 5.74) is 1.91. The summed E-state index contributed by atoms with van der Waals surface area (Å²) in [4.78, 5) is 11.7. The Morgan fingerprint density at radius 3 is 2.18 bits per heavy atom. The molecule has 3 nitrogen and oxygen atoms in total. The minimum Gasteiger partial charge on any atom is -0.776 e. The molecule has 1 aromatic rings. The van der Waals surface area contributed by atoms with E-state index in [1.807, 2.05) is 52.8 Å². The first-order valence-electron chi connectivity index (χ1n) is 5.64. The third-order valence-corrected chi connectivity index (χ3v) is 2.85. The highest BCUT2D eigenvalue weighted by molar-refractivity contribution is 7.39. The van der Waals surface area contributed by atoms with E-state index in [4.69, 9.17) is 9.05 Å². The number of rotatable bonds is 4. The number of hydrogen-bond donors (Lipinski definition) is 0. The molecule has 0 saturated heterocycles. The Balaban J connectivity index is 2.59. The van der Waals surface area contributed by atoms with Crippen molar-refractivity contribution in [3.63, 3.8) is 0 Å². The highest BCUT2D eigenvalue weighted by atomic mass is 31.2. The van der Waals surface area contributed by atoms with Gasteiger partial charge < -0.3 is 13.9 Å². The smallest absolute Gasteiger partial charge is 0.147 e. The Hall–Kier alpha value is -0.630. The average Bonchev–Trinajstić information content (AvgIpc) is 2.20. The molecule has 1 rings (SSSR count). The molecule has 0 amide bonds. The first-order chi connectivity index (χ1) is 7.79. The van der Waals surface area contributed by atoms with E-state index in [9.17, 15) is 4.89 Å². The molecule has 96 valence electrons. The standard InChI is InChI=1S/C13H20O3P/c1-10-7-6-8-11(2)12(10)16-17(14)15-9-13(3,4)5/h6-8H,9H2,1-5H3/q-1. The van der Waals surface area contributed by atoms with Crippen LogP contribution in [0.3, 0.4) is 0 Å². The van der Waals surface area contributed by atoms with E-state index >= 15 is 0 Å². The maximum Gasteiger partial charge on any atom is 0.147 e. The average molecular weight is 255 g/mol. The summed E-state index contributed by atoms with van der Waals surface area (Å²) in [5, 5.41) is 0. The van der Waals surface area contributed by atoms with E-state index in [0.717, 1.165) is 11.1 Å². The maximum atomic E-state index is 11.7. The number of para-hydroxylation sites is 1. The highest BCUT2D eigenvalue weighted by Gasteiger charge is 2.12. The third-order valence-electron chi connectivity index (χ3n) is 2.18. The van der Waals surface area contributed by atoms with Gasteiger partial charge in [-0.1, -0.05) is 39.0 Å². The van der Waals surface area contributed by atoms with Crippen molar-refractivity contribution < 1.29 is 13.9 Å². The molecule has 1 atom stereocenters. The van der Waals surface area contributed by atoms with Gasteiger partial charge in [-0.3, -0.25) is 0 Å². The zero-order valence-electron chi connectivity index (χ0n) is 11.1. The van der Waals surface area contributed by atoms with Crippen molar-refractivity contribution in [2.24, 2.45) is 5.41 Å². The van der Waals surface area contributed by atoms with Crippen molar-refractivity contribution in [1.29, 1.82) is 0 Å². The van der Waals surface area contributed by atoms with Crippen LogP contribution in [0.4, 0.5) is 0 Å². The molecule has 0 aliphatic carbocycles. The minimum absolute atomic E-state index is 0.0187. The van der Waals surface area contributed by atoms with Crippen molar-refractivity contribution in [2.45, 2.75) is 34.6 Å².